The Kier molecular flexibility index (Phi) is 4.72. The second kappa shape index (κ2) is 7.68. The minimum Gasteiger partial charge on any atom is -0.497 e. The highest BCUT2D eigenvalue weighted by Crippen LogP contribution is 2.42. The molecular formula is C23H19N3O3S. The number of benzene rings is 2. The summed E-state index contributed by atoms with van der Waals surface area (Å²) in [6.07, 6.45) is 1.88. The Morgan fingerprint density at radius 1 is 1.20 bits per heavy atom. The summed E-state index contributed by atoms with van der Waals surface area (Å²) < 4.78 is 12.7. The Balaban J connectivity index is 1.27. The summed E-state index contributed by atoms with van der Waals surface area (Å²) >= 11 is 1.50. The van der Waals surface area contributed by atoms with Gasteiger partial charge in [-0.25, -0.2) is 4.68 Å². The van der Waals surface area contributed by atoms with Gasteiger partial charge < -0.3 is 14.8 Å². The van der Waals surface area contributed by atoms with Crippen LogP contribution in [0.3, 0.4) is 0 Å². The van der Waals surface area contributed by atoms with Crippen molar-refractivity contribution >= 4 is 17.2 Å². The van der Waals surface area contributed by atoms with Gasteiger partial charge in [0, 0.05) is 22.2 Å². The van der Waals surface area contributed by atoms with Crippen molar-refractivity contribution in [3.8, 4) is 27.6 Å². The quantitative estimate of drug-likeness (QED) is 0.522. The first-order valence-corrected chi connectivity index (χ1v) is 10.3. The summed E-state index contributed by atoms with van der Waals surface area (Å²) in [4.78, 5) is 14.5. The molecule has 6 nitrogen and oxygen atoms in total. The van der Waals surface area contributed by atoms with E-state index in [0.29, 0.717) is 18.0 Å². The highest BCUT2D eigenvalue weighted by atomic mass is 32.1. The Hall–Kier alpha value is -3.58. The molecular weight excluding hydrogens is 398 g/mol. The molecule has 30 heavy (non-hydrogen) atoms. The van der Waals surface area contributed by atoms with Crippen molar-refractivity contribution in [1.29, 1.82) is 0 Å². The molecule has 5 rings (SSSR count). The molecule has 2 aromatic heterocycles. The minimum atomic E-state index is -0.106. The van der Waals surface area contributed by atoms with E-state index in [9.17, 15) is 4.79 Å². The number of nitrogens with zero attached hydrogens (tertiary/aromatic N) is 2. The maximum atomic E-state index is 12.7. The fourth-order valence-electron chi connectivity index (χ4n) is 3.40. The monoisotopic (exact) mass is 417 g/mol. The van der Waals surface area contributed by atoms with Crippen LogP contribution >= 0.6 is 11.3 Å². The lowest BCUT2D eigenvalue weighted by Gasteiger charge is -2.16. The van der Waals surface area contributed by atoms with Crippen LogP contribution in [-0.4, -0.2) is 22.8 Å². The SMILES string of the molecule is COc1ccc(-n2ccc(CNC(=O)c3cc4c(s3)-c3ccccc3OC4)n2)cc1. The van der Waals surface area contributed by atoms with Gasteiger partial charge in [0.15, 0.2) is 0 Å². The van der Waals surface area contributed by atoms with Gasteiger partial charge in [-0.3, -0.25) is 4.79 Å². The standard InChI is InChI=1S/C23H19N3O3S/c1-28-18-8-6-17(7-9-18)26-11-10-16(25-26)13-24-23(27)21-12-15-14-29-20-5-3-2-4-19(20)22(15)30-21/h2-12H,13-14H2,1H3,(H,24,27). The van der Waals surface area contributed by atoms with Crippen LogP contribution in [0.25, 0.3) is 16.1 Å². The van der Waals surface area contributed by atoms with E-state index in [-0.39, 0.29) is 5.91 Å². The fourth-order valence-corrected chi connectivity index (χ4v) is 4.52. The number of hydrogen-bond acceptors (Lipinski definition) is 5. The number of rotatable bonds is 5. The van der Waals surface area contributed by atoms with Crippen LogP contribution in [0, 0.1) is 0 Å². The van der Waals surface area contributed by atoms with Crippen LogP contribution < -0.4 is 14.8 Å². The van der Waals surface area contributed by atoms with Crippen molar-refractivity contribution in [1.82, 2.24) is 15.1 Å². The molecule has 1 amide bonds. The van der Waals surface area contributed by atoms with Gasteiger partial charge in [-0.15, -0.1) is 11.3 Å². The lowest BCUT2D eigenvalue weighted by molar-refractivity contribution is 0.0954. The maximum Gasteiger partial charge on any atom is 0.261 e. The molecule has 1 aliphatic heterocycles. The van der Waals surface area contributed by atoms with E-state index in [1.807, 2.05) is 66.9 Å². The topological polar surface area (TPSA) is 65.4 Å². The van der Waals surface area contributed by atoms with Gasteiger partial charge in [-0.05, 0) is 48.5 Å². The molecule has 1 aliphatic rings. The Morgan fingerprint density at radius 2 is 2.03 bits per heavy atom. The van der Waals surface area contributed by atoms with Gasteiger partial charge in [0.2, 0.25) is 0 Å². The molecule has 0 unspecified atom stereocenters. The Bertz CT molecular complexity index is 1210. The van der Waals surface area contributed by atoms with E-state index in [1.165, 1.54) is 11.3 Å². The highest BCUT2D eigenvalue weighted by molar-refractivity contribution is 7.17. The zero-order valence-electron chi connectivity index (χ0n) is 16.3. The lowest BCUT2D eigenvalue weighted by Crippen LogP contribution is -2.22. The van der Waals surface area contributed by atoms with Crippen molar-refractivity contribution in [2.45, 2.75) is 13.2 Å². The fraction of sp³-hybridized carbons (Fsp3) is 0.130. The molecule has 2 aromatic carbocycles. The second-order valence-corrected chi connectivity index (χ2v) is 7.93. The van der Waals surface area contributed by atoms with Crippen LogP contribution in [-0.2, 0) is 13.2 Å². The summed E-state index contributed by atoms with van der Waals surface area (Å²) in [5.41, 5.74) is 3.81. The number of para-hydroxylation sites is 1. The van der Waals surface area contributed by atoms with Gasteiger partial charge in [0.05, 0.1) is 29.9 Å². The maximum absolute atomic E-state index is 12.7. The number of carbonyl (C=O) groups excluding carboxylic acids is 1. The number of carbonyl (C=O) groups is 1. The zero-order chi connectivity index (χ0) is 20.5. The summed E-state index contributed by atoms with van der Waals surface area (Å²) in [5, 5.41) is 7.51. The normalized spacial score (nSPS) is 11.9. The average molecular weight is 417 g/mol. The molecule has 150 valence electrons. The lowest BCUT2D eigenvalue weighted by atomic mass is 10.1. The predicted molar refractivity (Wildman–Crippen MR) is 115 cm³/mol. The molecule has 3 heterocycles. The van der Waals surface area contributed by atoms with E-state index in [0.717, 1.165) is 38.9 Å². The second-order valence-electron chi connectivity index (χ2n) is 6.88. The van der Waals surface area contributed by atoms with Gasteiger partial charge >= 0.3 is 0 Å². The molecule has 1 N–H and O–H groups in total. The van der Waals surface area contributed by atoms with E-state index < -0.39 is 0 Å². The molecule has 0 aliphatic carbocycles. The van der Waals surface area contributed by atoms with Crippen molar-refractivity contribution in [3.05, 3.63) is 83.0 Å². The van der Waals surface area contributed by atoms with Crippen LogP contribution in [0.15, 0.2) is 66.9 Å². The number of methoxy groups -OCH3 is 1. The summed E-state index contributed by atoms with van der Waals surface area (Å²) in [5.74, 6) is 1.55. The van der Waals surface area contributed by atoms with Gasteiger partial charge in [-0.1, -0.05) is 12.1 Å². The molecule has 0 atom stereocenters. The van der Waals surface area contributed by atoms with Gasteiger partial charge in [0.1, 0.15) is 18.1 Å². The number of fused-ring (bicyclic) bond motifs is 3. The molecule has 0 saturated carbocycles. The van der Waals surface area contributed by atoms with Crippen LogP contribution in [0.2, 0.25) is 0 Å². The van der Waals surface area contributed by atoms with Crippen molar-refractivity contribution in [2.24, 2.45) is 0 Å². The highest BCUT2D eigenvalue weighted by Gasteiger charge is 2.22. The molecule has 0 bridgehead atoms. The molecule has 0 radical (unpaired) electrons. The third-order valence-electron chi connectivity index (χ3n) is 4.96. The van der Waals surface area contributed by atoms with Crippen LogP contribution in [0.1, 0.15) is 20.9 Å². The molecule has 4 aromatic rings. The van der Waals surface area contributed by atoms with Crippen molar-refractivity contribution < 1.29 is 14.3 Å². The first kappa shape index (κ1) is 18.4. The smallest absolute Gasteiger partial charge is 0.261 e. The minimum absolute atomic E-state index is 0.106. The number of amides is 1. The van der Waals surface area contributed by atoms with Gasteiger partial charge in [0.25, 0.3) is 5.91 Å². The first-order valence-electron chi connectivity index (χ1n) is 9.53. The summed E-state index contributed by atoms with van der Waals surface area (Å²) in [6.45, 7) is 0.847. The van der Waals surface area contributed by atoms with E-state index in [2.05, 4.69) is 10.4 Å². The largest absolute Gasteiger partial charge is 0.497 e. The number of hydrogen-bond donors (Lipinski definition) is 1. The summed E-state index contributed by atoms with van der Waals surface area (Å²) in [7, 11) is 1.64. The Labute approximate surface area is 177 Å². The van der Waals surface area contributed by atoms with E-state index in [4.69, 9.17) is 9.47 Å². The Morgan fingerprint density at radius 3 is 2.87 bits per heavy atom. The molecule has 0 saturated heterocycles. The molecule has 0 fully saturated rings. The van der Waals surface area contributed by atoms with Crippen molar-refractivity contribution in [2.75, 3.05) is 7.11 Å². The average Bonchev–Trinajstić information content (AvgIpc) is 3.45. The van der Waals surface area contributed by atoms with Gasteiger partial charge in [-0.2, -0.15) is 5.10 Å². The number of thiophene rings is 1. The summed E-state index contributed by atoms with van der Waals surface area (Å²) in [6, 6.07) is 19.4. The van der Waals surface area contributed by atoms with Crippen LogP contribution in [0.4, 0.5) is 0 Å². The number of nitrogens with one attached hydrogen (secondary N) is 1. The number of ether oxygens (including phenoxy) is 2. The zero-order valence-corrected chi connectivity index (χ0v) is 17.1. The third kappa shape index (κ3) is 3.44. The third-order valence-corrected chi connectivity index (χ3v) is 6.17. The molecule has 0 spiro atoms. The van der Waals surface area contributed by atoms with Crippen molar-refractivity contribution in [3.63, 3.8) is 0 Å². The van der Waals surface area contributed by atoms with E-state index in [1.54, 1.807) is 11.8 Å². The van der Waals surface area contributed by atoms with E-state index >= 15 is 0 Å². The first-order chi connectivity index (χ1) is 14.7. The number of aromatic nitrogens is 2. The van der Waals surface area contributed by atoms with Crippen LogP contribution in [0.5, 0.6) is 11.5 Å². The predicted octanol–water partition coefficient (Wildman–Crippen LogP) is 4.43. The molecule has 7 heteroatoms.